The van der Waals surface area contributed by atoms with E-state index in [1.807, 2.05) is 13.8 Å². The lowest BCUT2D eigenvalue weighted by Crippen LogP contribution is -2.10. The van der Waals surface area contributed by atoms with Crippen LogP contribution in [0.2, 0.25) is 0 Å². The van der Waals surface area contributed by atoms with E-state index in [1.54, 1.807) is 30.7 Å². The number of ketones is 1. The zero-order valence-electron chi connectivity index (χ0n) is 10.5. The molecule has 0 unspecified atom stereocenters. The van der Waals surface area contributed by atoms with Gasteiger partial charge in [0.15, 0.2) is 5.78 Å². The van der Waals surface area contributed by atoms with Gasteiger partial charge in [-0.3, -0.25) is 9.78 Å². The summed E-state index contributed by atoms with van der Waals surface area (Å²) in [6, 6.07) is 3.49. The molecule has 0 bridgehead atoms. The third kappa shape index (κ3) is 2.22. The summed E-state index contributed by atoms with van der Waals surface area (Å²) in [4.78, 5) is 20.5. The van der Waals surface area contributed by atoms with Crippen molar-refractivity contribution in [3.63, 3.8) is 0 Å². The van der Waals surface area contributed by atoms with Gasteiger partial charge in [-0.05, 0) is 36.6 Å². The predicted molar refractivity (Wildman–Crippen MR) is 70.4 cm³/mol. The molecular weight excluding hydrogens is 226 g/mol. The van der Waals surface area contributed by atoms with E-state index in [-0.39, 0.29) is 11.6 Å². The molecule has 2 aromatic rings. The largest absolute Gasteiger partial charge is 0.383 e. The van der Waals surface area contributed by atoms with Crippen molar-refractivity contribution in [2.45, 2.75) is 20.3 Å². The molecule has 0 aliphatic rings. The van der Waals surface area contributed by atoms with E-state index in [0.717, 1.165) is 17.5 Å². The minimum absolute atomic E-state index is 0.0945. The highest BCUT2D eigenvalue weighted by Gasteiger charge is 2.16. The lowest BCUT2D eigenvalue weighted by atomic mass is 9.98. The zero-order chi connectivity index (χ0) is 13.1. The van der Waals surface area contributed by atoms with Gasteiger partial charge in [0.05, 0.1) is 5.56 Å². The maximum atomic E-state index is 12.5. The van der Waals surface area contributed by atoms with Crippen LogP contribution in [0, 0.1) is 6.92 Å². The molecular formula is C14H15N3O. The minimum Gasteiger partial charge on any atom is -0.383 e. The van der Waals surface area contributed by atoms with E-state index in [4.69, 9.17) is 5.73 Å². The first kappa shape index (κ1) is 12.2. The first-order valence-corrected chi connectivity index (χ1v) is 5.83. The van der Waals surface area contributed by atoms with Crippen LogP contribution in [0.25, 0.3) is 0 Å². The van der Waals surface area contributed by atoms with E-state index in [1.165, 1.54) is 0 Å². The van der Waals surface area contributed by atoms with Gasteiger partial charge in [0, 0.05) is 24.2 Å². The molecule has 4 nitrogen and oxygen atoms in total. The SMILES string of the molecule is CCc1cnccc1C(=O)c1cc(C)cnc1N. The molecule has 2 aromatic heterocycles. The molecule has 0 aromatic carbocycles. The van der Waals surface area contributed by atoms with Crippen LogP contribution < -0.4 is 5.73 Å². The summed E-state index contributed by atoms with van der Waals surface area (Å²) in [6.07, 6.45) is 5.74. The number of carbonyl (C=O) groups excluding carboxylic acids is 1. The number of pyridine rings is 2. The molecule has 0 saturated heterocycles. The normalized spacial score (nSPS) is 10.3. The molecule has 0 aliphatic carbocycles. The molecule has 2 heterocycles. The molecule has 0 saturated carbocycles. The van der Waals surface area contributed by atoms with Crippen molar-refractivity contribution in [3.8, 4) is 0 Å². The number of nitrogens with two attached hydrogens (primary N) is 1. The Morgan fingerprint density at radius 3 is 2.83 bits per heavy atom. The number of rotatable bonds is 3. The molecule has 0 spiro atoms. The first-order chi connectivity index (χ1) is 8.63. The number of aryl methyl sites for hydroxylation is 2. The summed E-state index contributed by atoms with van der Waals surface area (Å²) in [7, 11) is 0. The van der Waals surface area contributed by atoms with Crippen LogP contribution in [0.1, 0.15) is 34.0 Å². The smallest absolute Gasteiger partial charge is 0.197 e. The van der Waals surface area contributed by atoms with Gasteiger partial charge in [-0.2, -0.15) is 0 Å². The molecule has 2 rings (SSSR count). The predicted octanol–water partition coefficient (Wildman–Crippen LogP) is 2.16. The Morgan fingerprint density at radius 1 is 1.33 bits per heavy atom. The summed E-state index contributed by atoms with van der Waals surface area (Å²) in [5.41, 5.74) is 8.71. The maximum absolute atomic E-state index is 12.5. The molecule has 2 N–H and O–H groups in total. The van der Waals surface area contributed by atoms with Gasteiger partial charge in [0.25, 0.3) is 0 Å². The summed E-state index contributed by atoms with van der Waals surface area (Å²) in [5.74, 6) is 0.174. The third-order valence-electron chi connectivity index (χ3n) is 2.83. The summed E-state index contributed by atoms with van der Waals surface area (Å²) >= 11 is 0. The van der Waals surface area contributed by atoms with E-state index in [2.05, 4.69) is 9.97 Å². The molecule has 0 amide bonds. The van der Waals surface area contributed by atoms with Crippen molar-refractivity contribution < 1.29 is 4.79 Å². The van der Waals surface area contributed by atoms with Crippen LogP contribution >= 0.6 is 0 Å². The summed E-state index contributed by atoms with van der Waals surface area (Å²) < 4.78 is 0. The van der Waals surface area contributed by atoms with E-state index < -0.39 is 0 Å². The number of anilines is 1. The van der Waals surface area contributed by atoms with Crippen molar-refractivity contribution >= 4 is 11.6 Å². The lowest BCUT2D eigenvalue weighted by molar-refractivity contribution is 0.103. The fourth-order valence-electron chi connectivity index (χ4n) is 1.84. The Labute approximate surface area is 106 Å². The molecule has 18 heavy (non-hydrogen) atoms. The highest BCUT2D eigenvalue weighted by atomic mass is 16.1. The van der Waals surface area contributed by atoms with Crippen LogP contribution in [-0.4, -0.2) is 15.8 Å². The molecule has 0 aliphatic heterocycles. The van der Waals surface area contributed by atoms with Crippen LogP contribution in [0.4, 0.5) is 5.82 Å². The van der Waals surface area contributed by atoms with Crippen LogP contribution in [0.15, 0.2) is 30.7 Å². The monoisotopic (exact) mass is 241 g/mol. The highest BCUT2D eigenvalue weighted by Crippen LogP contribution is 2.18. The zero-order valence-corrected chi connectivity index (χ0v) is 10.5. The molecule has 0 radical (unpaired) electrons. The molecule has 0 fully saturated rings. The Morgan fingerprint density at radius 2 is 2.11 bits per heavy atom. The lowest BCUT2D eigenvalue weighted by Gasteiger charge is -2.08. The fraction of sp³-hybridized carbons (Fsp3) is 0.214. The second-order valence-corrected chi connectivity index (χ2v) is 4.16. The van der Waals surface area contributed by atoms with Crippen molar-refractivity contribution in [2.24, 2.45) is 0 Å². The number of hydrogen-bond donors (Lipinski definition) is 1. The second-order valence-electron chi connectivity index (χ2n) is 4.16. The van der Waals surface area contributed by atoms with E-state index in [0.29, 0.717) is 11.1 Å². The Hall–Kier alpha value is -2.23. The second kappa shape index (κ2) is 4.96. The maximum Gasteiger partial charge on any atom is 0.197 e. The fourth-order valence-corrected chi connectivity index (χ4v) is 1.84. The van der Waals surface area contributed by atoms with E-state index in [9.17, 15) is 4.79 Å². The standard InChI is InChI=1S/C14H15N3O/c1-3-10-8-16-5-4-11(10)13(18)12-6-9(2)7-17-14(12)15/h4-8H,3H2,1-2H3,(H2,15,17). The van der Waals surface area contributed by atoms with E-state index >= 15 is 0 Å². The minimum atomic E-state index is -0.0945. The Bertz CT molecular complexity index is 593. The number of nitrogen functional groups attached to an aromatic ring is 1. The number of hydrogen-bond acceptors (Lipinski definition) is 4. The van der Waals surface area contributed by atoms with Crippen LogP contribution in [0.3, 0.4) is 0 Å². The quantitative estimate of drug-likeness (QED) is 0.836. The first-order valence-electron chi connectivity index (χ1n) is 5.83. The number of nitrogens with zero attached hydrogens (tertiary/aromatic N) is 2. The van der Waals surface area contributed by atoms with Gasteiger partial charge in [-0.1, -0.05) is 6.92 Å². The van der Waals surface area contributed by atoms with Crippen molar-refractivity contribution in [1.29, 1.82) is 0 Å². The van der Waals surface area contributed by atoms with Crippen molar-refractivity contribution in [1.82, 2.24) is 9.97 Å². The average molecular weight is 241 g/mol. The Balaban J connectivity index is 2.51. The van der Waals surface area contributed by atoms with Gasteiger partial charge in [-0.25, -0.2) is 4.98 Å². The van der Waals surface area contributed by atoms with Gasteiger partial charge in [0.2, 0.25) is 0 Å². The molecule has 4 heteroatoms. The highest BCUT2D eigenvalue weighted by molar-refractivity contribution is 6.12. The molecule has 0 atom stereocenters. The van der Waals surface area contributed by atoms with Crippen LogP contribution in [-0.2, 0) is 6.42 Å². The molecule has 92 valence electrons. The number of aromatic nitrogens is 2. The topological polar surface area (TPSA) is 68.9 Å². The number of carbonyl (C=O) groups is 1. The van der Waals surface area contributed by atoms with Gasteiger partial charge in [-0.15, -0.1) is 0 Å². The third-order valence-corrected chi connectivity index (χ3v) is 2.83. The van der Waals surface area contributed by atoms with Crippen LogP contribution in [0.5, 0.6) is 0 Å². The van der Waals surface area contributed by atoms with Gasteiger partial charge >= 0.3 is 0 Å². The summed E-state index contributed by atoms with van der Waals surface area (Å²) in [5, 5.41) is 0. The Kier molecular flexibility index (Phi) is 3.37. The van der Waals surface area contributed by atoms with Crippen molar-refractivity contribution in [2.75, 3.05) is 5.73 Å². The average Bonchev–Trinajstić information content (AvgIpc) is 2.40. The van der Waals surface area contributed by atoms with Crippen molar-refractivity contribution in [3.05, 3.63) is 53.0 Å². The summed E-state index contributed by atoms with van der Waals surface area (Å²) in [6.45, 7) is 3.88. The van der Waals surface area contributed by atoms with Gasteiger partial charge in [0.1, 0.15) is 5.82 Å². The van der Waals surface area contributed by atoms with Gasteiger partial charge < -0.3 is 5.73 Å².